The fraction of sp³-hybridized carbons (Fsp3) is 0.667. The van der Waals surface area contributed by atoms with Crippen LogP contribution >= 0.6 is 0 Å². The molecule has 0 aliphatic carbocycles. The first-order chi connectivity index (χ1) is 16.3. The van der Waals surface area contributed by atoms with E-state index in [1.165, 1.54) is 24.3 Å². The zero-order chi connectivity index (χ0) is 27.6. The van der Waals surface area contributed by atoms with Crippen molar-refractivity contribution in [2.24, 2.45) is 16.2 Å². The monoisotopic (exact) mass is 510 g/mol. The van der Waals surface area contributed by atoms with Crippen LogP contribution in [0.3, 0.4) is 0 Å². The van der Waals surface area contributed by atoms with E-state index in [1.54, 1.807) is 62.3 Å². The number of ether oxygens (including phenoxy) is 4. The van der Waals surface area contributed by atoms with E-state index in [4.69, 9.17) is 18.9 Å². The SMILES string of the molecule is CC(C)(C)C(=O)OC[C@H]1O[C@H](c2ccc(F)cc2)[C@H](O)[C@@H](OC(=O)C(C)(C)C)[C@@H]1OC(=O)C(C)(C)C. The van der Waals surface area contributed by atoms with Crippen LogP contribution in [-0.2, 0) is 33.3 Å². The van der Waals surface area contributed by atoms with Gasteiger partial charge in [-0.05, 0) is 80.0 Å². The summed E-state index contributed by atoms with van der Waals surface area (Å²) in [5, 5.41) is 11.3. The Morgan fingerprint density at radius 2 is 1.25 bits per heavy atom. The lowest BCUT2D eigenvalue weighted by molar-refractivity contribution is -0.255. The number of rotatable bonds is 5. The van der Waals surface area contributed by atoms with E-state index in [-0.39, 0.29) is 6.61 Å². The highest BCUT2D eigenvalue weighted by molar-refractivity contribution is 5.77. The molecule has 1 aliphatic heterocycles. The Balaban J connectivity index is 2.51. The molecule has 202 valence electrons. The van der Waals surface area contributed by atoms with Crippen LogP contribution in [0.2, 0.25) is 0 Å². The van der Waals surface area contributed by atoms with Crippen molar-refractivity contribution < 1.29 is 42.8 Å². The Labute approximate surface area is 212 Å². The summed E-state index contributed by atoms with van der Waals surface area (Å²) in [7, 11) is 0. The maximum Gasteiger partial charge on any atom is 0.311 e. The largest absolute Gasteiger partial charge is 0.462 e. The average Bonchev–Trinajstić information content (AvgIpc) is 2.73. The molecule has 1 aliphatic rings. The maximum atomic E-state index is 13.6. The Hall–Kier alpha value is -2.52. The lowest BCUT2D eigenvalue weighted by Gasteiger charge is -2.44. The molecular formula is C27H39FO8. The summed E-state index contributed by atoms with van der Waals surface area (Å²) in [6.45, 7) is 14.6. The van der Waals surface area contributed by atoms with Crippen LogP contribution in [-0.4, -0.2) is 54.0 Å². The molecule has 1 fully saturated rings. The summed E-state index contributed by atoms with van der Waals surface area (Å²) >= 11 is 0. The molecule has 0 unspecified atom stereocenters. The number of benzene rings is 1. The van der Waals surface area contributed by atoms with Gasteiger partial charge in [0.1, 0.15) is 30.7 Å². The minimum absolute atomic E-state index is 0.327. The second-order valence-corrected chi connectivity index (χ2v) is 12.2. The van der Waals surface area contributed by atoms with Crippen LogP contribution in [0.25, 0.3) is 0 Å². The second-order valence-electron chi connectivity index (χ2n) is 12.2. The first kappa shape index (κ1) is 29.7. The minimum atomic E-state index is -1.46. The molecule has 1 aromatic carbocycles. The lowest BCUT2D eigenvalue weighted by Crippen LogP contribution is -2.59. The van der Waals surface area contributed by atoms with Gasteiger partial charge in [-0.2, -0.15) is 0 Å². The number of esters is 3. The highest BCUT2D eigenvalue weighted by Crippen LogP contribution is 2.37. The molecule has 1 saturated heterocycles. The van der Waals surface area contributed by atoms with Crippen LogP contribution in [0.1, 0.15) is 74.0 Å². The first-order valence-electron chi connectivity index (χ1n) is 12.0. The number of halogens is 1. The first-order valence-corrected chi connectivity index (χ1v) is 12.0. The third kappa shape index (κ3) is 7.49. The van der Waals surface area contributed by atoms with Gasteiger partial charge in [0.15, 0.2) is 12.2 Å². The predicted octanol–water partition coefficient (Wildman–Crippen LogP) is 4.13. The number of carbonyl (C=O) groups excluding carboxylic acids is 3. The molecule has 9 heteroatoms. The molecule has 1 aromatic rings. The zero-order valence-corrected chi connectivity index (χ0v) is 22.6. The summed E-state index contributed by atoms with van der Waals surface area (Å²) in [5.74, 6) is -2.24. The molecular weight excluding hydrogens is 471 g/mol. The molecule has 0 aromatic heterocycles. The number of aliphatic hydroxyl groups is 1. The summed E-state index contributed by atoms with van der Waals surface area (Å²) < 4.78 is 36.6. The average molecular weight is 511 g/mol. The molecule has 2 rings (SSSR count). The molecule has 0 radical (unpaired) electrons. The summed E-state index contributed by atoms with van der Waals surface area (Å²) in [4.78, 5) is 38.2. The topological polar surface area (TPSA) is 108 Å². The van der Waals surface area contributed by atoms with E-state index >= 15 is 0 Å². The van der Waals surface area contributed by atoms with Crippen LogP contribution in [0, 0.1) is 22.1 Å². The van der Waals surface area contributed by atoms with Gasteiger partial charge >= 0.3 is 17.9 Å². The van der Waals surface area contributed by atoms with Crippen molar-refractivity contribution in [3.63, 3.8) is 0 Å². The number of aliphatic hydroxyl groups excluding tert-OH is 1. The molecule has 0 amide bonds. The highest BCUT2D eigenvalue weighted by atomic mass is 19.1. The van der Waals surface area contributed by atoms with Crippen molar-refractivity contribution in [2.75, 3.05) is 6.61 Å². The zero-order valence-electron chi connectivity index (χ0n) is 22.6. The van der Waals surface area contributed by atoms with Crippen LogP contribution in [0.5, 0.6) is 0 Å². The fourth-order valence-electron chi connectivity index (χ4n) is 3.24. The quantitative estimate of drug-likeness (QED) is 0.465. The van der Waals surface area contributed by atoms with E-state index in [2.05, 4.69) is 0 Å². The normalized spacial score (nSPS) is 25.1. The van der Waals surface area contributed by atoms with E-state index in [0.717, 1.165) is 0 Å². The third-order valence-corrected chi connectivity index (χ3v) is 5.56. The van der Waals surface area contributed by atoms with Crippen molar-refractivity contribution in [3.8, 4) is 0 Å². The summed E-state index contributed by atoms with van der Waals surface area (Å²) in [6, 6.07) is 5.29. The summed E-state index contributed by atoms with van der Waals surface area (Å²) in [6.07, 6.45) is -6.24. The van der Waals surface area contributed by atoms with E-state index in [0.29, 0.717) is 5.56 Å². The van der Waals surface area contributed by atoms with Crippen molar-refractivity contribution >= 4 is 17.9 Å². The Kier molecular flexibility index (Phi) is 8.95. The number of hydrogen-bond acceptors (Lipinski definition) is 8. The smallest absolute Gasteiger partial charge is 0.311 e. The van der Waals surface area contributed by atoms with Gasteiger partial charge in [-0.15, -0.1) is 0 Å². The standard InChI is InChI=1S/C27H39FO8/c1-25(2,3)22(30)33-14-17-20(35-23(31)26(4,5)6)21(36-24(32)27(7,8)9)18(29)19(34-17)15-10-12-16(28)13-11-15/h10-13,17-21,29H,14H2,1-9H3/t17-,18+,19-,20-,21-/m1/s1. The molecule has 8 nitrogen and oxygen atoms in total. The van der Waals surface area contributed by atoms with Crippen molar-refractivity contribution in [3.05, 3.63) is 35.6 Å². The molecule has 5 atom stereocenters. The van der Waals surface area contributed by atoms with Gasteiger partial charge in [-0.3, -0.25) is 14.4 Å². The summed E-state index contributed by atoms with van der Waals surface area (Å²) in [5.41, 5.74) is -2.23. The Morgan fingerprint density at radius 1 is 0.806 bits per heavy atom. The van der Waals surface area contributed by atoms with Gasteiger partial charge in [0, 0.05) is 0 Å². The molecule has 1 N–H and O–H groups in total. The van der Waals surface area contributed by atoms with Crippen LogP contribution < -0.4 is 0 Å². The molecule has 36 heavy (non-hydrogen) atoms. The van der Waals surface area contributed by atoms with E-state index < -0.39 is 70.5 Å². The van der Waals surface area contributed by atoms with Gasteiger partial charge in [0.2, 0.25) is 0 Å². The van der Waals surface area contributed by atoms with Gasteiger partial charge in [-0.25, -0.2) is 4.39 Å². The number of carbonyl (C=O) groups is 3. The highest BCUT2D eigenvalue weighted by Gasteiger charge is 2.52. The van der Waals surface area contributed by atoms with Gasteiger partial charge in [0.25, 0.3) is 0 Å². The molecule has 0 bridgehead atoms. The van der Waals surface area contributed by atoms with Gasteiger partial charge in [-0.1, -0.05) is 12.1 Å². The van der Waals surface area contributed by atoms with Crippen molar-refractivity contribution in [2.45, 2.75) is 92.8 Å². The van der Waals surface area contributed by atoms with Gasteiger partial charge < -0.3 is 24.1 Å². The van der Waals surface area contributed by atoms with E-state index in [1.807, 2.05) is 0 Å². The lowest BCUT2D eigenvalue weighted by atomic mass is 9.89. The van der Waals surface area contributed by atoms with Crippen LogP contribution in [0.15, 0.2) is 24.3 Å². The molecule has 0 saturated carbocycles. The van der Waals surface area contributed by atoms with Crippen LogP contribution in [0.4, 0.5) is 4.39 Å². The maximum absolute atomic E-state index is 13.6. The Bertz CT molecular complexity index is 936. The molecule has 1 heterocycles. The Morgan fingerprint density at radius 3 is 1.69 bits per heavy atom. The van der Waals surface area contributed by atoms with Crippen molar-refractivity contribution in [1.29, 1.82) is 0 Å². The van der Waals surface area contributed by atoms with Crippen molar-refractivity contribution in [1.82, 2.24) is 0 Å². The van der Waals surface area contributed by atoms with E-state index in [9.17, 15) is 23.9 Å². The van der Waals surface area contributed by atoms with Gasteiger partial charge in [0.05, 0.1) is 16.2 Å². The third-order valence-electron chi connectivity index (χ3n) is 5.56. The number of hydrogen-bond donors (Lipinski definition) is 1. The minimum Gasteiger partial charge on any atom is -0.462 e. The fourth-order valence-corrected chi connectivity index (χ4v) is 3.24. The predicted molar refractivity (Wildman–Crippen MR) is 129 cm³/mol. The molecule has 0 spiro atoms. The second kappa shape index (κ2) is 10.8.